The molecule has 0 aromatic heterocycles. The molecule has 0 aromatic carbocycles. The Bertz CT molecular complexity index is 194. The van der Waals surface area contributed by atoms with E-state index in [2.05, 4.69) is 39.9 Å². The largest absolute Gasteiger partial charge is 0.314 e. The molecular weight excluding hydrogens is 194 g/mol. The Kier molecular flexibility index (Phi) is 5.30. The van der Waals surface area contributed by atoms with E-state index < -0.39 is 0 Å². The van der Waals surface area contributed by atoms with Gasteiger partial charge in [-0.3, -0.25) is 0 Å². The summed E-state index contributed by atoms with van der Waals surface area (Å²) in [5.41, 5.74) is 0.545. The molecule has 1 fully saturated rings. The SMILES string of the molecule is CCC(CC)CNC1CC(C)CC(C)(C)C1. The molecule has 0 radical (unpaired) electrons. The third kappa shape index (κ3) is 4.45. The predicted octanol–water partition coefficient (Wildman–Crippen LogP) is 4.23. The van der Waals surface area contributed by atoms with Crippen molar-refractivity contribution in [3.63, 3.8) is 0 Å². The van der Waals surface area contributed by atoms with E-state index in [-0.39, 0.29) is 0 Å². The molecule has 1 heteroatoms. The Morgan fingerprint density at radius 2 is 1.81 bits per heavy atom. The van der Waals surface area contributed by atoms with Crippen molar-refractivity contribution in [2.24, 2.45) is 17.3 Å². The molecule has 0 bridgehead atoms. The van der Waals surface area contributed by atoms with E-state index in [4.69, 9.17) is 0 Å². The van der Waals surface area contributed by atoms with Crippen molar-refractivity contribution in [3.05, 3.63) is 0 Å². The molecule has 0 saturated heterocycles. The quantitative estimate of drug-likeness (QED) is 0.738. The lowest BCUT2D eigenvalue weighted by molar-refractivity contribution is 0.148. The van der Waals surface area contributed by atoms with Crippen LogP contribution in [0.1, 0.15) is 66.7 Å². The van der Waals surface area contributed by atoms with Crippen LogP contribution in [0.2, 0.25) is 0 Å². The summed E-state index contributed by atoms with van der Waals surface area (Å²) in [6, 6.07) is 0.763. The van der Waals surface area contributed by atoms with E-state index in [0.717, 1.165) is 17.9 Å². The van der Waals surface area contributed by atoms with Gasteiger partial charge in [0, 0.05) is 6.04 Å². The van der Waals surface area contributed by atoms with Gasteiger partial charge in [-0.05, 0) is 43.1 Å². The van der Waals surface area contributed by atoms with Crippen molar-refractivity contribution < 1.29 is 0 Å². The maximum absolute atomic E-state index is 3.81. The first-order valence-electron chi connectivity index (χ1n) is 7.20. The third-order valence-electron chi connectivity index (χ3n) is 4.24. The fraction of sp³-hybridized carbons (Fsp3) is 1.00. The zero-order valence-corrected chi connectivity index (χ0v) is 12.0. The number of rotatable bonds is 5. The average Bonchev–Trinajstić information content (AvgIpc) is 2.16. The average molecular weight is 225 g/mol. The summed E-state index contributed by atoms with van der Waals surface area (Å²) >= 11 is 0. The van der Waals surface area contributed by atoms with Crippen molar-refractivity contribution >= 4 is 0 Å². The summed E-state index contributed by atoms with van der Waals surface area (Å²) in [6.07, 6.45) is 6.77. The normalized spacial score (nSPS) is 29.6. The Hall–Kier alpha value is -0.0400. The first kappa shape index (κ1) is 14.0. The van der Waals surface area contributed by atoms with Gasteiger partial charge in [-0.1, -0.05) is 47.5 Å². The van der Waals surface area contributed by atoms with Gasteiger partial charge in [0.25, 0.3) is 0 Å². The zero-order valence-electron chi connectivity index (χ0n) is 12.0. The van der Waals surface area contributed by atoms with E-state index in [1.807, 2.05) is 0 Å². The van der Waals surface area contributed by atoms with Crippen molar-refractivity contribution in [1.29, 1.82) is 0 Å². The lowest BCUT2D eigenvalue weighted by atomic mass is 9.70. The van der Waals surface area contributed by atoms with Crippen LogP contribution in [0.25, 0.3) is 0 Å². The van der Waals surface area contributed by atoms with E-state index in [1.54, 1.807) is 0 Å². The molecule has 16 heavy (non-hydrogen) atoms. The molecule has 0 amide bonds. The molecule has 0 aliphatic heterocycles. The molecule has 0 aromatic rings. The summed E-state index contributed by atoms with van der Waals surface area (Å²) in [4.78, 5) is 0. The van der Waals surface area contributed by atoms with Crippen LogP contribution in [0.5, 0.6) is 0 Å². The summed E-state index contributed by atoms with van der Waals surface area (Å²) in [5.74, 6) is 1.77. The topological polar surface area (TPSA) is 12.0 Å². The second kappa shape index (κ2) is 6.05. The first-order valence-corrected chi connectivity index (χ1v) is 7.20. The van der Waals surface area contributed by atoms with Crippen LogP contribution in [0.3, 0.4) is 0 Å². The Morgan fingerprint density at radius 1 is 1.19 bits per heavy atom. The van der Waals surface area contributed by atoms with Crippen LogP contribution in [-0.2, 0) is 0 Å². The van der Waals surface area contributed by atoms with E-state index in [0.29, 0.717) is 5.41 Å². The highest BCUT2D eigenvalue weighted by molar-refractivity contribution is 4.86. The Labute approximate surface area is 102 Å². The molecule has 1 nitrogen and oxygen atoms in total. The van der Waals surface area contributed by atoms with E-state index in [9.17, 15) is 0 Å². The van der Waals surface area contributed by atoms with Crippen LogP contribution in [-0.4, -0.2) is 12.6 Å². The van der Waals surface area contributed by atoms with Gasteiger partial charge in [0.15, 0.2) is 0 Å². The maximum Gasteiger partial charge on any atom is 0.00748 e. The van der Waals surface area contributed by atoms with Gasteiger partial charge in [-0.15, -0.1) is 0 Å². The number of nitrogens with one attached hydrogen (secondary N) is 1. The van der Waals surface area contributed by atoms with Gasteiger partial charge >= 0.3 is 0 Å². The summed E-state index contributed by atoms with van der Waals surface area (Å²) in [5, 5.41) is 3.81. The van der Waals surface area contributed by atoms with Gasteiger partial charge in [0.2, 0.25) is 0 Å². The highest BCUT2D eigenvalue weighted by Crippen LogP contribution is 2.38. The zero-order chi connectivity index (χ0) is 12.2. The Balaban J connectivity index is 2.36. The van der Waals surface area contributed by atoms with Crippen LogP contribution in [0.15, 0.2) is 0 Å². The summed E-state index contributed by atoms with van der Waals surface area (Å²) in [6.45, 7) is 13.1. The van der Waals surface area contributed by atoms with Gasteiger partial charge in [0.05, 0.1) is 0 Å². The molecule has 96 valence electrons. The monoisotopic (exact) mass is 225 g/mol. The van der Waals surface area contributed by atoms with Crippen molar-refractivity contribution in [1.82, 2.24) is 5.32 Å². The second-order valence-corrected chi connectivity index (χ2v) is 6.70. The fourth-order valence-corrected chi connectivity index (χ4v) is 3.41. The van der Waals surface area contributed by atoms with Crippen molar-refractivity contribution in [3.8, 4) is 0 Å². The van der Waals surface area contributed by atoms with Crippen molar-refractivity contribution in [2.45, 2.75) is 72.8 Å². The summed E-state index contributed by atoms with van der Waals surface area (Å²) < 4.78 is 0. The van der Waals surface area contributed by atoms with Gasteiger partial charge in [-0.25, -0.2) is 0 Å². The van der Waals surface area contributed by atoms with Gasteiger partial charge < -0.3 is 5.32 Å². The first-order chi connectivity index (χ1) is 7.46. The number of hydrogen-bond donors (Lipinski definition) is 1. The summed E-state index contributed by atoms with van der Waals surface area (Å²) in [7, 11) is 0. The molecule has 1 saturated carbocycles. The molecule has 0 spiro atoms. The van der Waals surface area contributed by atoms with Gasteiger partial charge in [-0.2, -0.15) is 0 Å². The standard InChI is InChI=1S/C15H31N/c1-6-13(7-2)11-16-14-8-12(3)9-15(4,5)10-14/h12-14,16H,6-11H2,1-5H3. The maximum atomic E-state index is 3.81. The van der Waals surface area contributed by atoms with Crippen molar-refractivity contribution in [2.75, 3.05) is 6.54 Å². The van der Waals surface area contributed by atoms with E-state index >= 15 is 0 Å². The highest BCUT2D eigenvalue weighted by Gasteiger charge is 2.31. The lowest BCUT2D eigenvalue weighted by Crippen LogP contribution is -2.41. The van der Waals surface area contributed by atoms with Crippen LogP contribution in [0, 0.1) is 17.3 Å². The third-order valence-corrected chi connectivity index (χ3v) is 4.24. The number of hydrogen-bond acceptors (Lipinski definition) is 1. The molecule has 0 heterocycles. The lowest BCUT2D eigenvalue weighted by Gasteiger charge is -2.39. The molecule has 2 unspecified atom stereocenters. The molecular formula is C15H31N. The van der Waals surface area contributed by atoms with E-state index in [1.165, 1.54) is 38.6 Å². The minimum atomic E-state index is 0.545. The minimum Gasteiger partial charge on any atom is -0.314 e. The fourth-order valence-electron chi connectivity index (χ4n) is 3.41. The molecule has 1 aliphatic rings. The molecule has 1 aliphatic carbocycles. The Morgan fingerprint density at radius 3 is 2.31 bits per heavy atom. The van der Waals surface area contributed by atoms with Crippen LogP contribution < -0.4 is 5.32 Å². The minimum absolute atomic E-state index is 0.545. The molecule has 2 atom stereocenters. The second-order valence-electron chi connectivity index (χ2n) is 6.70. The predicted molar refractivity (Wildman–Crippen MR) is 72.7 cm³/mol. The highest BCUT2D eigenvalue weighted by atomic mass is 14.9. The molecule has 1 rings (SSSR count). The van der Waals surface area contributed by atoms with Gasteiger partial charge in [0.1, 0.15) is 0 Å². The van der Waals surface area contributed by atoms with Crippen LogP contribution in [0.4, 0.5) is 0 Å². The van der Waals surface area contributed by atoms with Crippen LogP contribution >= 0.6 is 0 Å². The molecule has 1 N–H and O–H groups in total. The smallest absolute Gasteiger partial charge is 0.00748 e.